The third-order valence-electron chi connectivity index (χ3n) is 3.37. The summed E-state index contributed by atoms with van der Waals surface area (Å²) in [5, 5.41) is -0.0623. The number of hydrogen-bond donors (Lipinski definition) is 1. The Kier molecular flexibility index (Phi) is 3.95. The molecule has 2 N–H and O–H groups in total. The van der Waals surface area contributed by atoms with E-state index in [0.717, 1.165) is 0 Å². The van der Waals surface area contributed by atoms with Crippen molar-refractivity contribution < 1.29 is 13.2 Å². The van der Waals surface area contributed by atoms with E-state index in [1.807, 2.05) is 0 Å². The molecule has 18 heavy (non-hydrogen) atoms. The van der Waals surface area contributed by atoms with Crippen LogP contribution in [0.2, 0.25) is 5.02 Å². The molecule has 6 heteroatoms. The van der Waals surface area contributed by atoms with E-state index < -0.39 is 23.7 Å². The van der Waals surface area contributed by atoms with Gasteiger partial charge in [-0.25, -0.2) is 13.2 Å². The van der Waals surface area contributed by atoms with Crippen molar-refractivity contribution in [3.8, 4) is 0 Å². The van der Waals surface area contributed by atoms with Gasteiger partial charge in [-0.2, -0.15) is 0 Å². The Morgan fingerprint density at radius 2 is 2.11 bits per heavy atom. The first-order valence-electron chi connectivity index (χ1n) is 5.58. The average molecular weight is 343 g/mol. The van der Waals surface area contributed by atoms with Crippen LogP contribution in [0.5, 0.6) is 0 Å². The van der Waals surface area contributed by atoms with Crippen molar-refractivity contribution in [1.29, 1.82) is 0 Å². The highest BCUT2D eigenvalue weighted by Gasteiger charge is 2.42. The van der Waals surface area contributed by atoms with Gasteiger partial charge in [-0.05, 0) is 34.3 Å². The van der Waals surface area contributed by atoms with Gasteiger partial charge >= 0.3 is 0 Å². The first-order chi connectivity index (χ1) is 8.32. The maximum atomic E-state index is 13.9. The molecule has 2 atom stereocenters. The van der Waals surface area contributed by atoms with Gasteiger partial charge in [0.25, 0.3) is 0 Å². The molecule has 2 rings (SSSR count). The van der Waals surface area contributed by atoms with E-state index in [0.29, 0.717) is 10.9 Å². The summed E-state index contributed by atoms with van der Waals surface area (Å²) in [6, 6.07) is 2.32. The minimum absolute atomic E-state index is 0.0623. The number of benzene rings is 1. The van der Waals surface area contributed by atoms with Crippen LogP contribution < -0.4 is 5.73 Å². The van der Waals surface area contributed by atoms with Crippen molar-refractivity contribution in [2.75, 3.05) is 0 Å². The van der Waals surface area contributed by atoms with Crippen molar-refractivity contribution in [3.05, 3.63) is 33.0 Å². The molecule has 1 aliphatic rings. The van der Waals surface area contributed by atoms with Gasteiger partial charge in [0.05, 0.1) is 5.02 Å². The molecule has 100 valence electrons. The molecule has 1 aliphatic carbocycles. The number of nitrogens with two attached hydrogens (primary N) is 1. The quantitative estimate of drug-likeness (QED) is 0.776. The number of hydrogen-bond acceptors (Lipinski definition) is 1. The molecule has 0 radical (unpaired) electrons. The maximum absolute atomic E-state index is 13.9. The molecule has 0 saturated heterocycles. The highest BCUT2D eigenvalue weighted by molar-refractivity contribution is 9.10. The fourth-order valence-electron chi connectivity index (χ4n) is 2.34. The van der Waals surface area contributed by atoms with Gasteiger partial charge in [-0.15, -0.1) is 0 Å². The molecule has 1 fully saturated rings. The second-order valence-corrected chi connectivity index (χ2v) is 5.88. The molecule has 0 heterocycles. The van der Waals surface area contributed by atoms with Crippen molar-refractivity contribution >= 4 is 27.5 Å². The zero-order chi connectivity index (χ0) is 13.5. The highest BCUT2D eigenvalue weighted by Crippen LogP contribution is 2.44. The summed E-state index contributed by atoms with van der Waals surface area (Å²) >= 11 is 8.86. The summed E-state index contributed by atoms with van der Waals surface area (Å²) in [6.45, 7) is 0. The lowest BCUT2D eigenvalue weighted by atomic mass is 9.92. The molecule has 0 spiro atoms. The lowest BCUT2D eigenvalue weighted by Crippen LogP contribution is -2.22. The van der Waals surface area contributed by atoms with Crippen molar-refractivity contribution in [1.82, 2.24) is 0 Å². The zero-order valence-electron chi connectivity index (χ0n) is 9.40. The van der Waals surface area contributed by atoms with Crippen LogP contribution in [0.25, 0.3) is 0 Å². The summed E-state index contributed by atoms with van der Waals surface area (Å²) in [6.07, 6.45) is -0.167. The third kappa shape index (κ3) is 2.68. The SMILES string of the molecule is NC(c1ccc(Br)c(Cl)c1F)C1CCC(F)(F)C1. The van der Waals surface area contributed by atoms with Crippen molar-refractivity contribution in [2.45, 2.75) is 31.2 Å². The maximum Gasteiger partial charge on any atom is 0.248 e. The normalized spacial score (nSPS) is 24.2. The fourth-order valence-corrected chi connectivity index (χ4v) is 2.82. The van der Waals surface area contributed by atoms with E-state index >= 15 is 0 Å². The second kappa shape index (κ2) is 5.02. The van der Waals surface area contributed by atoms with Crippen LogP contribution >= 0.6 is 27.5 Å². The van der Waals surface area contributed by atoms with E-state index in [1.165, 1.54) is 6.07 Å². The van der Waals surface area contributed by atoms with Crippen molar-refractivity contribution in [3.63, 3.8) is 0 Å². The molecule has 1 aromatic carbocycles. The summed E-state index contributed by atoms with van der Waals surface area (Å²) in [5.41, 5.74) is 6.09. The Labute approximate surface area is 117 Å². The second-order valence-electron chi connectivity index (χ2n) is 4.65. The predicted octanol–water partition coefficient (Wildman–Crippen LogP) is 4.68. The Balaban J connectivity index is 2.25. The third-order valence-corrected chi connectivity index (χ3v) is 4.63. The summed E-state index contributed by atoms with van der Waals surface area (Å²) in [4.78, 5) is 0. The Hall–Kier alpha value is -0.260. The molecule has 1 saturated carbocycles. The molecule has 0 aliphatic heterocycles. The van der Waals surface area contributed by atoms with Gasteiger partial charge in [0.15, 0.2) is 0 Å². The first kappa shape index (κ1) is 14.2. The highest BCUT2D eigenvalue weighted by atomic mass is 79.9. The molecular formula is C12H12BrClF3N. The molecule has 0 amide bonds. The van der Waals surface area contributed by atoms with Gasteiger partial charge in [0.2, 0.25) is 5.92 Å². The fraction of sp³-hybridized carbons (Fsp3) is 0.500. The van der Waals surface area contributed by atoms with Gasteiger partial charge in [0.1, 0.15) is 5.82 Å². The first-order valence-corrected chi connectivity index (χ1v) is 6.76. The predicted molar refractivity (Wildman–Crippen MR) is 68.3 cm³/mol. The van der Waals surface area contributed by atoms with Gasteiger partial charge in [-0.1, -0.05) is 17.7 Å². The summed E-state index contributed by atoms with van der Waals surface area (Å²) in [7, 11) is 0. The van der Waals surface area contributed by atoms with Gasteiger partial charge in [0, 0.05) is 28.9 Å². The minimum atomic E-state index is -2.68. The standard InChI is InChI=1S/C12H12BrClF3N/c13-8-2-1-7(10(15)9(8)14)11(18)6-3-4-12(16,17)5-6/h1-2,6,11H,3-5,18H2. The Morgan fingerprint density at radius 3 is 2.67 bits per heavy atom. The van der Waals surface area contributed by atoms with E-state index in [9.17, 15) is 13.2 Å². The average Bonchev–Trinajstić information content (AvgIpc) is 2.66. The van der Waals surface area contributed by atoms with E-state index in [2.05, 4.69) is 15.9 Å². The van der Waals surface area contributed by atoms with Crippen LogP contribution in [-0.2, 0) is 0 Å². The minimum Gasteiger partial charge on any atom is -0.324 e. The van der Waals surface area contributed by atoms with Gasteiger partial charge < -0.3 is 5.73 Å². The molecule has 0 aromatic heterocycles. The lowest BCUT2D eigenvalue weighted by Gasteiger charge is -2.20. The number of rotatable bonds is 2. The van der Waals surface area contributed by atoms with Crippen LogP contribution in [0.4, 0.5) is 13.2 Å². The Bertz CT molecular complexity index is 467. The lowest BCUT2D eigenvalue weighted by molar-refractivity contribution is 0.00385. The molecule has 1 aromatic rings. The van der Waals surface area contributed by atoms with Crippen LogP contribution in [0.15, 0.2) is 16.6 Å². The molecule has 0 bridgehead atoms. The van der Waals surface area contributed by atoms with E-state index in [4.69, 9.17) is 17.3 Å². The van der Waals surface area contributed by atoms with Gasteiger partial charge in [-0.3, -0.25) is 0 Å². The van der Waals surface area contributed by atoms with Crippen molar-refractivity contribution in [2.24, 2.45) is 11.7 Å². The summed E-state index contributed by atoms with van der Waals surface area (Å²) < 4.78 is 40.6. The smallest absolute Gasteiger partial charge is 0.248 e. The molecular weight excluding hydrogens is 330 g/mol. The van der Waals surface area contributed by atoms with Crippen LogP contribution in [0.3, 0.4) is 0 Å². The van der Waals surface area contributed by atoms with Crippen LogP contribution in [0.1, 0.15) is 30.9 Å². The number of alkyl halides is 2. The number of halogens is 5. The van der Waals surface area contributed by atoms with E-state index in [-0.39, 0.29) is 23.4 Å². The Morgan fingerprint density at radius 1 is 1.44 bits per heavy atom. The largest absolute Gasteiger partial charge is 0.324 e. The monoisotopic (exact) mass is 341 g/mol. The van der Waals surface area contributed by atoms with Crippen LogP contribution in [0, 0.1) is 11.7 Å². The molecule has 2 unspecified atom stereocenters. The zero-order valence-corrected chi connectivity index (χ0v) is 11.7. The summed E-state index contributed by atoms with van der Waals surface area (Å²) in [5.74, 6) is -3.72. The van der Waals surface area contributed by atoms with E-state index in [1.54, 1.807) is 6.07 Å². The van der Waals surface area contributed by atoms with Crippen LogP contribution in [-0.4, -0.2) is 5.92 Å². The topological polar surface area (TPSA) is 26.0 Å². The molecule has 1 nitrogen and oxygen atoms in total.